The molecule has 0 unspecified atom stereocenters. The number of carbonyl (C=O) groups is 1. The smallest absolute Gasteiger partial charge is 0.222 e. The van der Waals surface area contributed by atoms with Crippen LogP contribution in [0, 0.1) is 5.41 Å². The molecule has 2 saturated heterocycles. The van der Waals surface area contributed by atoms with Crippen molar-refractivity contribution in [3.63, 3.8) is 0 Å². The second-order valence-corrected chi connectivity index (χ2v) is 8.71. The molecule has 2 aromatic rings. The van der Waals surface area contributed by atoms with Crippen LogP contribution in [-0.4, -0.2) is 46.9 Å². The van der Waals surface area contributed by atoms with Crippen LogP contribution in [0.4, 0.5) is 0 Å². The molecule has 0 atom stereocenters. The molecule has 3 heterocycles. The third-order valence-electron chi connectivity index (χ3n) is 6.57. The molecule has 154 valence electrons. The Morgan fingerprint density at radius 2 is 1.83 bits per heavy atom. The third-order valence-corrected chi connectivity index (χ3v) is 6.57. The van der Waals surface area contributed by atoms with E-state index in [2.05, 4.69) is 34.1 Å². The number of nitrogens with zero attached hydrogens (tertiary/aromatic N) is 3. The van der Waals surface area contributed by atoms with Gasteiger partial charge in [0.25, 0.3) is 0 Å². The van der Waals surface area contributed by atoms with Gasteiger partial charge in [-0.05, 0) is 74.0 Å². The van der Waals surface area contributed by atoms with Gasteiger partial charge in [0, 0.05) is 25.7 Å². The number of likely N-dealkylation sites (tertiary alicyclic amines) is 2. The summed E-state index contributed by atoms with van der Waals surface area (Å²) >= 11 is 0. The van der Waals surface area contributed by atoms with E-state index in [1.165, 1.54) is 24.0 Å². The van der Waals surface area contributed by atoms with Gasteiger partial charge in [-0.15, -0.1) is 0 Å². The molecule has 2 fully saturated rings. The Bertz CT molecular complexity index is 815. The van der Waals surface area contributed by atoms with Gasteiger partial charge < -0.3 is 10.6 Å². The van der Waals surface area contributed by atoms with Crippen molar-refractivity contribution >= 4 is 5.91 Å². The molecule has 5 heteroatoms. The van der Waals surface area contributed by atoms with E-state index in [4.69, 9.17) is 5.73 Å². The molecule has 2 N–H and O–H groups in total. The average molecular weight is 393 g/mol. The molecule has 0 radical (unpaired) electrons. The lowest BCUT2D eigenvalue weighted by atomic mass is 9.72. The zero-order valence-corrected chi connectivity index (χ0v) is 17.2. The van der Waals surface area contributed by atoms with E-state index in [9.17, 15) is 4.79 Å². The van der Waals surface area contributed by atoms with Crippen molar-refractivity contribution in [2.75, 3.05) is 26.2 Å². The number of aromatic nitrogens is 1. The summed E-state index contributed by atoms with van der Waals surface area (Å²) in [6.07, 6.45) is 6.79. The van der Waals surface area contributed by atoms with Crippen LogP contribution in [0.25, 0.3) is 0 Å². The SMILES string of the molecule is NCCc1cccc(CN2CCC3(CCC(=O)N(Cc4ccccn4)C3)CC2)c1. The van der Waals surface area contributed by atoms with E-state index in [0.29, 0.717) is 19.5 Å². The van der Waals surface area contributed by atoms with Crippen molar-refractivity contribution in [3.8, 4) is 0 Å². The summed E-state index contributed by atoms with van der Waals surface area (Å²) in [5.74, 6) is 0.278. The first kappa shape index (κ1) is 20.0. The zero-order chi connectivity index (χ0) is 20.1. The topological polar surface area (TPSA) is 62.5 Å². The Hall–Kier alpha value is -2.24. The Balaban J connectivity index is 1.34. The molecular formula is C24H32N4O. The molecule has 0 aliphatic carbocycles. The maximum Gasteiger partial charge on any atom is 0.222 e. The highest BCUT2D eigenvalue weighted by Crippen LogP contribution is 2.40. The summed E-state index contributed by atoms with van der Waals surface area (Å²) in [5.41, 5.74) is 9.66. The predicted octanol–water partition coefficient (Wildman–Crippen LogP) is 2.99. The minimum atomic E-state index is 0.278. The number of hydrogen-bond acceptors (Lipinski definition) is 4. The monoisotopic (exact) mass is 392 g/mol. The summed E-state index contributed by atoms with van der Waals surface area (Å²) in [6, 6.07) is 14.8. The summed E-state index contributed by atoms with van der Waals surface area (Å²) < 4.78 is 0. The predicted molar refractivity (Wildman–Crippen MR) is 115 cm³/mol. The van der Waals surface area contributed by atoms with Crippen molar-refractivity contribution in [2.24, 2.45) is 11.1 Å². The van der Waals surface area contributed by atoms with E-state index >= 15 is 0 Å². The molecule has 1 aromatic heterocycles. The molecule has 1 aromatic carbocycles. The minimum absolute atomic E-state index is 0.278. The molecule has 1 spiro atoms. The minimum Gasteiger partial charge on any atom is -0.336 e. The first-order chi connectivity index (χ1) is 14.2. The Labute approximate surface area is 173 Å². The Kier molecular flexibility index (Phi) is 6.26. The van der Waals surface area contributed by atoms with Gasteiger partial charge in [-0.25, -0.2) is 0 Å². The normalized spacial score (nSPS) is 19.6. The van der Waals surface area contributed by atoms with Crippen LogP contribution < -0.4 is 5.73 Å². The largest absolute Gasteiger partial charge is 0.336 e. The van der Waals surface area contributed by atoms with Crippen LogP contribution in [0.2, 0.25) is 0 Å². The van der Waals surface area contributed by atoms with Crippen molar-refractivity contribution < 1.29 is 4.79 Å². The quantitative estimate of drug-likeness (QED) is 0.821. The van der Waals surface area contributed by atoms with Gasteiger partial charge in [0.15, 0.2) is 0 Å². The van der Waals surface area contributed by atoms with Crippen LogP contribution in [0.3, 0.4) is 0 Å². The van der Waals surface area contributed by atoms with Gasteiger partial charge in [-0.1, -0.05) is 30.3 Å². The highest BCUT2D eigenvalue weighted by atomic mass is 16.2. The number of nitrogens with two attached hydrogens (primary N) is 1. The number of carbonyl (C=O) groups excluding carboxylic acids is 1. The second-order valence-electron chi connectivity index (χ2n) is 8.71. The Morgan fingerprint density at radius 1 is 1.00 bits per heavy atom. The van der Waals surface area contributed by atoms with Crippen LogP contribution in [-0.2, 0) is 24.3 Å². The summed E-state index contributed by atoms with van der Waals surface area (Å²) in [5, 5.41) is 0. The number of benzene rings is 1. The number of rotatable bonds is 6. The molecule has 0 saturated carbocycles. The summed E-state index contributed by atoms with van der Waals surface area (Å²) in [6.45, 7) is 5.43. The van der Waals surface area contributed by atoms with Crippen molar-refractivity contribution in [1.29, 1.82) is 0 Å². The molecule has 2 aliphatic heterocycles. The van der Waals surface area contributed by atoms with Crippen molar-refractivity contribution in [2.45, 2.75) is 45.2 Å². The Morgan fingerprint density at radius 3 is 2.59 bits per heavy atom. The lowest BCUT2D eigenvalue weighted by molar-refractivity contribution is -0.140. The fourth-order valence-electron chi connectivity index (χ4n) is 4.84. The second kappa shape index (κ2) is 9.06. The molecular weight excluding hydrogens is 360 g/mol. The lowest BCUT2D eigenvalue weighted by Crippen LogP contribution is -2.51. The number of amides is 1. The van der Waals surface area contributed by atoms with Crippen LogP contribution >= 0.6 is 0 Å². The fourth-order valence-corrected chi connectivity index (χ4v) is 4.84. The fraction of sp³-hybridized carbons (Fsp3) is 0.500. The maximum atomic E-state index is 12.5. The zero-order valence-electron chi connectivity index (χ0n) is 17.2. The van der Waals surface area contributed by atoms with E-state index in [-0.39, 0.29) is 11.3 Å². The van der Waals surface area contributed by atoms with Crippen LogP contribution in [0.15, 0.2) is 48.7 Å². The van der Waals surface area contributed by atoms with Crippen LogP contribution in [0.5, 0.6) is 0 Å². The number of hydrogen-bond donors (Lipinski definition) is 1. The van der Waals surface area contributed by atoms with Gasteiger partial charge in [-0.3, -0.25) is 14.7 Å². The molecule has 2 aliphatic rings. The standard InChI is InChI=1S/C24H32N4O/c25-12-8-20-4-3-5-21(16-20)17-27-14-10-24(11-15-27)9-7-23(29)28(19-24)18-22-6-1-2-13-26-22/h1-6,13,16H,7-12,14-15,17-19,25H2. The van der Waals surface area contributed by atoms with Gasteiger partial charge >= 0.3 is 0 Å². The van der Waals surface area contributed by atoms with E-state index in [1.54, 1.807) is 6.20 Å². The first-order valence-corrected chi connectivity index (χ1v) is 10.8. The van der Waals surface area contributed by atoms with Gasteiger partial charge in [0.05, 0.1) is 12.2 Å². The summed E-state index contributed by atoms with van der Waals surface area (Å²) in [4.78, 5) is 21.5. The van der Waals surface area contributed by atoms with E-state index in [1.807, 2.05) is 23.1 Å². The average Bonchev–Trinajstić information content (AvgIpc) is 2.74. The van der Waals surface area contributed by atoms with Crippen molar-refractivity contribution in [1.82, 2.24) is 14.8 Å². The van der Waals surface area contributed by atoms with E-state index < -0.39 is 0 Å². The highest BCUT2D eigenvalue weighted by molar-refractivity contribution is 5.77. The number of piperidine rings is 2. The van der Waals surface area contributed by atoms with E-state index in [0.717, 1.165) is 44.7 Å². The lowest BCUT2D eigenvalue weighted by Gasteiger charge is -2.47. The first-order valence-electron chi connectivity index (χ1n) is 10.8. The molecule has 0 bridgehead atoms. The maximum absolute atomic E-state index is 12.5. The van der Waals surface area contributed by atoms with Gasteiger partial charge in [0.1, 0.15) is 0 Å². The molecule has 29 heavy (non-hydrogen) atoms. The molecule has 1 amide bonds. The summed E-state index contributed by atoms with van der Waals surface area (Å²) in [7, 11) is 0. The number of pyridine rings is 1. The van der Waals surface area contributed by atoms with Crippen LogP contribution in [0.1, 0.15) is 42.5 Å². The third kappa shape index (κ3) is 5.03. The van der Waals surface area contributed by atoms with Crippen molar-refractivity contribution in [3.05, 3.63) is 65.5 Å². The van der Waals surface area contributed by atoms with Gasteiger partial charge in [-0.2, -0.15) is 0 Å². The van der Waals surface area contributed by atoms with Gasteiger partial charge in [0.2, 0.25) is 5.91 Å². The highest BCUT2D eigenvalue weighted by Gasteiger charge is 2.40. The molecule has 5 nitrogen and oxygen atoms in total. The molecule has 4 rings (SSSR count).